The third kappa shape index (κ3) is 4.95. The number of pyridine rings is 1. The average molecular weight is 339 g/mol. The van der Waals surface area contributed by atoms with E-state index in [0.717, 1.165) is 12.1 Å². The van der Waals surface area contributed by atoms with Crippen LogP contribution in [0.3, 0.4) is 0 Å². The van der Waals surface area contributed by atoms with Crippen molar-refractivity contribution in [2.24, 2.45) is 0 Å². The molecule has 0 aliphatic rings. The first-order valence-corrected chi connectivity index (χ1v) is 7.07. The number of hydrogen-bond acceptors (Lipinski definition) is 4. The number of alkyl halides is 3. The molecule has 1 aromatic heterocycles. The van der Waals surface area contributed by atoms with E-state index in [1.165, 1.54) is 24.4 Å². The van der Waals surface area contributed by atoms with E-state index >= 15 is 0 Å². The zero-order chi connectivity index (χ0) is 17.6. The first kappa shape index (κ1) is 17.7. The monoisotopic (exact) mass is 339 g/mol. The van der Waals surface area contributed by atoms with E-state index in [1.54, 1.807) is 13.2 Å². The Balaban J connectivity index is 2.03. The molecule has 0 radical (unpaired) electrons. The Morgan fingerprint density at radius 3 is 2.54 bits per heavy atom. The predicted octanol–water partition coefficient (Wildman–Crippen LogP) is 3.41. The van der Waals surface area contributed by atoms with Crippen LogP contribution < -0.4 is 10.6 Å². The fourth-order valence-electron chi connectivity index (χ4n) is 1.90. The third-order valence-corrected chi connectivity index (χ3v) is 3.10. The minimum Gasteiger partial charge on any atom is -0.383 e. The number of anilines is 2. The Hall–Kier alpha value is -2.61. The molecule has 2 rings (SSSR count). The smallest absolute Gasteiger partial charge is 0.383 e. The summed E-state index contributed by atoms with van der Waals surface area (Å²) in [5.41, 5.74) is -0.155. The highest BCUT2D eigenvalue weighted by atomic mass is 19.4. The molecule has 128 valence electrons. The van der Waals surface area contributed by atoms with Crippen molar-refractivity contribution in [3.05, 3.63) is 53.7 Å². The van der Waals surface area contributed by atoms with Crippen LogP contribution in [0, 0.1) is 0 Å². The van der Waals surface area contributed by atoms with Crippen molar-refractivity contribution in [1.29, 1.82) is 0 Å². The van der Waals surface area contributed by atoms with E-state index in [4.69, 9.17) is 4.74 Å². The summed E-state index contributed by atoms with van der Waals surface area (Å²) in [6.07, 6.45) is -2.94. The Bertz CT molecular complexity index is 688. The molecular weight excluding hydrogens is 323 g/mol. The molecule has 1 amide bonds. The number of carbonyl (C=O) groups excluding carboxylic acids is 1. The molecule has 0 saturated carbocycles. The number of rotatable bonds is 6. The summed E-state index contributed by atoms with van der Waals surface area (Å²) in [5.74, 6) is 0.0686. The van der Waals surface area contributed by atoms with Gasteiger partial charge in [-0.2, -0.15) is 13.2 Å². The minimum absolute atomic E-state index is 0.277. The summed E-state index contributed by atoms with van der Waals surface area (Å²) in [7, 11) is 1.57. The Labute approximate surface area is 136 Å². The number of ether oxygens (including phenoxy) is 1. The molecular formula is C16H16F3N3O2. The van der Waals surface area contributed by atoms with Gasteiger partial charge in [0.05, 0.1) is 12.2 Å². The Kier molecular flexibility index (Phi) is 5.75. The van der Waals surface area contributed by atoms with Crippen molar-refractivity contribution in [3.63, 3.8) is 0 Å². The van der Waals surface area contributed by atoms with E-state index in [2.05, 4.69) is 15.6 Å². The number of aromatic nitrogens is 1. The number of nitrogens with one attached hydrogen (secondary N) is 2. The molecule has 0 spiro atoms. The maximum atomic E-state index is 12.5. The van der Waals surface area contributed by atoms with Crippen molar-refractivity contribution in [2.45, 2.75) is 6.18 Å². The molecule has 0 atom stereocenters. The van der Waals surface area contributed by atoms with Crippen LogP contribution >= 0.6 is 0 Å². The van der Waals surface area contributed by atoms with Gasteiger partial charge in [-0.15, -0.1) is 0 Å². The van der Waals surface area contributed by atoms with Crippen LogP contribution in [-0.2, 0) is 10.9 Å². The van der Waals surface area contributed by atoms with Gasteiger partial charge >= 0.3 is 6.18 Å². The molecule has 0 aliphatic carbocycles. The number of amides is 1. The largest absolute Gasteiger partial charge is 0.416 e. The normalized spacial score (nSPS) is 11.2. The Morgan fingerprint density at radius 2 is 1.92 bits per heavy atom. The summed E-state index contributed by atoms with van der Waals surface area (Å²) >= 11 is 0. The topological polar surface area (TPSA) is 63.2 Å². The third-order valence-electron chi connectivity index (χ3n) is 3.10. The van der Waals surface area contributed by atoms with E-state index in [1.807, 2.05) is 0 Å². The second-order valence-electron chi connectivity index (χ2n) is 4.88. The average Bonchev–Trinajstić information content (AvgIpc) is 2.55. The van der Waals surface area contributed by atoms with Gasteiger partial charge in [0, 0.05) is 31.1 Å². The fourth-order valence-corrected chi connectivity index (χ4v) is 1.90. The van der Waals surface area contributed by atoms with Crippen LogP contribution in [-0.4, -0.2) is 31.2 Å². The lowest BCUT2D eigenvalue weighted by molar-refractivity contribution is -0.137. The minimum atomic E-state index is -4.41. The number of carbonyl (C=O) groups is 1. The second kappa shape index (κ2) is 7.78. The molecule has 5 nitrogen and oxygen atoms in total. The summed E-state index contributed by atoms with van der Waals surface area (Å²) < 4.78 is 42.4. The molecule has 0 fully saturated rings. The SMILES string of the molecule is COCCNc1cc(C(=O)Nc2ccc(C(F)(F)F)cc2)ccn1. The van der Waals surface area contributed by atoms with Gasteiger partial charge in [0.15, 0.2) is 0 Å². The number of benzene rings is 1. The second-order valence-corrected chi connectivity index (χ2v) is 4.88. The molecule has 2 N–H and O–H groups in total. The van der Waals surface area contributed by atoms with E-state index in [0.29, 0.717) is 24.5 Å². The first-order chi connectivity index (χ1) is 11.4. The summed E-state index contributed by atoms with van der Waals surface area (Å²) in [6, 6.07) is 7.31. The number of nitrogens with zero attached hydrogens (tertiary/aromatic N) is 1. The molecule has 2 aromatic rings. The van der Waals surface area contributed by atoms with Crippen molar-refractivity contribution in [3.8, 4) is 0 Å². The lowest BCUT2D eigenvalue weighted by atomic mass is 10.2. The van der Waals surface area contributed by atoms with Crippen LogP contribution in [0.25, 0.3) is 0 Å². The zero-order valence-electron chi connectivity index (χ0n) is 12.9. The van der Waals surface area contributed by atoms with Gasteiger partial charge in [0.2, 0.25) is 0 Å². The van der Waals surface area contributed by atoms with E-state index in [-0.39, 0.29) is 5.69 Å². The van der Waals surface area contributed by atoms with Crippen molar-refractivity contribution in [1.82, 2.24) is 4.98 Å². The van der Waals surface area contributed by atoms with Crippen LogP contribution in [0.2, 0.25) is 0 Å². The standard InChI is InChI=1S/C16H16F3N3O2/c1-24-9-8-21-14-10-11(6-7-20-14)15(23)22-13-4-2-12(3-5-13)16(17,18)19/h2-7,10H,8-9H2,1H3,(H,20,21)(H,22,23). The molecule has 1 aromatic carbocycles. The van der Waals surface area contributed by atoms with Gasteiger partial charge in [0.25, 0.3) is 5.91 Å². The molecule has 0 saturated heterocycles. The summed E-state index contributed by atoms with van der Waals surface area (Å²) in [6.45, 7) is 1.02. The molecule has 1 heterocycles. The number of methoxy groups -OCH3 is 1. The van der Waals surface area contributed by atoms with Gasteiger partial charge in [-0.1, -0.05) is 0 Å². The molecule has 8 heteroatoms. The molecule has 24 heavy (non-hydrogen) atoms. The van der Waals surface area contributed by atoms with Crippen LogP contribution in [0.1, 0.15) is 15.9 Å². The lowest BCUT2D eigenvalue weighted by Gasteiger charge is -2.10. The first-order valence-electron chi connectivity index (χ1n) is 7.07. The highest BCUT2D eigenvalue weighted by molar-refractivity contribution is 6.04. The fraction of sp³-hybridized carbons (Fsp3) is 0.250. The van der Waals surface area contributed by atoms with Gasteiger partial charge in [-0.25, -0.2) is 4.98 Å². The highest BCUT2D eigenvalue weighted by Gasteiger charge is 2.29. The van der Waals surface area contributed by atoms with Gasteiger partial charge in [0.1, 0.15) is 5.82 Å². The van der Waals surface area contributed by atoms with Gasteiger partial charge in [-0.05, 0) is 36.4 Å². The van der Waals surface area contributed by atoms with Crippen LogP contribution in [0.15, 0.2) is 42.6 Å². The van der Waals surface area contributed by atoms with E-state index < -0.39 is 17.6 Å². The zero-order valence-corrected chi connectivity index (χ0v) is 12.9. The highest BCUT2D eigenvalue weighted by Crippen LogP contribution is 2.29. The molecule has 0 bridgehead atoms. The maximum Gasteiger partial charge on any atom is 0.416 e. The predicted molar refractivity (Wildman–Crippen MR) is 84.0 cm³/mol. The van der Waals surface area contributed by atoms with Gasteiger partial charge < -0.3 is 15.4 Å². The van der Waals surface area contributed by atoms with Crippen LogP contribution in [0.5, 0.6) is 0 Å². The van der Waals surface area contributed by atoms with Crippen LogP contribution in [0.4, 0.5) is 24.7 Å². The molecule has 0 unspecified atom stereocenters. The maximum absolute atomic E-state index is 12.5. The Morgan fingerprint density at radius 1 is 1.21 bits per heavy atom. The number of hydrogen-bond donors (Lipinski definition) is 2. The van der Waals surface area contributed by atoms with Crippen molar-refractivity contribution in [2.75, 3.05) is 30.9 Å². The van der Waals surface area contributed by atoms with Gasteiger partial charge in [-0.3, -0.25) is 4.79 Å². The summed E-state index contributed by atoms with van der Waals surface area (Å²) in [4.78, 5) is 16.2. The molecule has 0 aliphatic heterocycles. The lowest BCUT2D eigenvalue weighted by Crippen LogP contribution is -2.14. The van der Waals surface area contributed by atoms with E-state index in [9.17, 15) is 18.0 Å². The number of halogens is 3. The quantitative estimate of drug-likeness (QED) is 0.792. The van der Waals surface area contributed by atoms with Crippen molar-refractivity contribution >= 4 is 17.4 Å². The summed E-state index contributed by atoms with van der Waals surface area (Å²) in [5, 5.41) is 5.53. The van der Waals surface area contributed by atoms with Crippen molar-refractivity contribution < 1.29 is 22.7 Å².